The number of aliphatic hydroxyl groups is 4. The molecule has 0 bridgehead atoms. The van der Waals surface area contributed by atoms with E-state index < -0.39 is 45.4 Å². The van der Waals surface area contributed by atoms with E-state index in [2.05, 4.69) is 15.5 Å². The number of fused-ring (bicyclic) bond motifs is 5. The lowest BCUT2D eigenvalue weighted by molar-refractivity contribution is -0.163. The maximum Gasteiger partial charge on any atom is 0.334 e. The van der Waals surface area contributed by atoms with E-state index in [9.17, 15) is 25.2 Å². The van der Waals surface area contributed by atoms with Gasteiger partial charge in [-0.2, -0.15) is 0 Å². The smallest absolute Gasteiger partial charge is 0.334 e. The molecule has 3 heterocycles. The summed E-state index contributed by atoms with van der Waals surface area (Å²) in [7, 11) is 0. The SMILES string of the molecule is C/C1=C/[C@H](C)[C@@H](O)[C@](C)(O)C[C@@H](C)CN(CCCNCc2nc3c(o2)-c2cc(Cl)ccc2Nc2ccccc2-3)[C@H](C)[C@@H](O)[C@](C)(O)[C@@H](I)OC1=O. The minimum Gasteiger partial charge on any atom is -0.445 e. The summed E-state index contributed by atoms with van der Waals surface area (Å²) >= 11 is 8.21. The van der Waals surface area contributed by atoms with E-state index in [1.807, 2.05) is 78.9 Å². The standard InChI is InChI=1S/C38H50ClIN4O7/c1-21-18-37(5,48)33(45)22(2)16-23(3)35(47)51-36(40)38(6,49)34(46)24(4)44(20-21)15-9-14-41-19-30-43-31-26-10-7-8-11-28(26)42-29-13-12-25(39)17-27(29)32(31)50-30/h7-8,10-13,16-17,21-22,24,33-34,36,41-42,45-46,48-49H,9,14-15,18-20H2,1-6H3/b23-16-/t21-,22+,24-,33-,34-,36+,37-,38+/m1/s1. The van der Waals surface area contributed by atoms with Gasteiger partial charge in [0.05, 0.1) is 18.2 Å². The highest BCUT2D eigenvalue weighted by Crippen LogP contribution is 2.45. The van der Waals surface area contributed by atoms with Crippen molar-refractivity contribution in [3.8, 4) is 22.6 Å². The van der Waals surface area contributed by atoms with E-state index in [0.29, 0.717) is 49.3 Å². The molecule has 13 heteroatoms. The number of esters is 1. The van der Waals surface area contributed by atoms with Gasteiger partial charge in [-0.1, -0.05) is 49.7 Å². The van der Waals surface area contributed by atoms with Gasteiger partial charge in [0.25, 0.3) is 0 Å². The number of oxazole rings is 1. The van der Waals surface area contributed by atoms with Crippen molar-refractivity contribution in [3.63, 3.8) is 0 Å². The lowest BCUT2D eigenvalue weighted by Crippen LogP contribution is -2.58. The summed E-state index contributed by atoms with van der Waals surface area (Å²) in [6, 6.07) is 13.0. The second-order valence-electron chi connectivity index (χ2n) is 14.6. The van der Waals surface area contributed by atoms with Gasteiger partial charge in [-0.3, -0.25) is 4.90 Å². The highest BCUT2D eigenvalue weighted by atomic mass is 127. The fraction of sp³-hybridized carbons (Fsp3) is 0.526. The number of rotatable bonds is 6. The van der Waals surface area contributed by atoms with E-state index in [1.165, 1.54) is 6.92 Å². The van der Waals surface area contributed by atoms with E-state index in [4.69, 9.17) is 25.7 Å². The molecule has 2 aliphatic rings. The van der Waals surface area contributed by atoms with Crippen LogP contribution >= 0.6 is 34.2 Å². The Balaban J connectivity index is 1.30. The van der Waals surface area contributed by atoms with Crippen LogP contribution in [0.15, 0.2) is 58.5 Å². The number of aromatic nitrogens is 1. The van der Waals surface area contributed by atoms with Crippen molar-refractivity contribution in [2.24, 2.45) is 11.8 Å². The number of halogens is 2. The largest absolute Gasteiger partial charge is 0.445 e. The van der Waals surface area contributed by atoms with Gasteiger partial charge < -0.3 is 40.2 Å². The molecule has 0 saturated heterocycles. The number of nitrogens with zero attached hydrogens (tertiary/aromatic N) is 2. The molecule has 2 aliphatic heterocycles. The molecule has 5 rings (SSSR count). The maximum absolute atomic E-state index is 12.9. The molecular formula is C38H50ClIN4O7. The van der Waals surface area contributed by atoms with Gasteiger partial charge in [0.2, 0.25) is 5.89 Å². The van der Waals surface area contributed by atoms with Gasteiger partial charge >= 0.3 is 5.97 Å². The quantitative estimate of drug-likeness (QED) is 0.0582. The van der Waals surface area contributed by atoms with Crippen molar-refractivity contribution >= 4 is 51.5 Å². The first-order valence-corrected chi connectivity index (χ1v) is 19.1. The first-order chi connectivity index (χ1) is 24.0. The second kappa shape index (κ2) is 16.2. The van der Waals surface area contributed by atoms with E-state index in [-0.39, 0.29) is 17.9 Å². The zero-order chi connectivity index (χ0) is 37.2. The molecule has 6 N–H and O–H groups in total. The number of carbonyl (C=O) groups is 1. The number of para-hydroxylation sites is 1. The third kappa shape index (κ3) is 8.98. The predicted octanol–water partition coefficient (Wildman–Crippen LogP) is 6.04. The molecular weight excluding hydrogens is 787 g/mol. The summed E-state index contributed by atoms with van der Waals surface area (Å²) < 4.78 is 10.8. The van der Waals surface area contributed by atoms with Gasteiger partial charge in [0, 0.05) is 51.6 Å². The second-order valence-corrected chi connectivity index (χ2v) is 16.2. The lowest BCUT2D eigenvalue weighted by Gasteiger charge is -2.42. The van der Waals surface area contributed by atoms with E-state index in [0.717, 1.165) is 28.2 Å². The highest BCUT2D eigenvalue weighted by molar-refractivity contribution is 14.1. The number of benzene rings is 2. The molecule has 1 aromatic heterocycles. The number of anilines is 2. The number of alkyl halides is 1. The van der Waals surface area contributed by atoms with Gasteiger partial charge in [-0.05, 0) is 106 Å². The van der Waals surface area contributed by atoms with E-state index in [1.54, 1.807) is 26.8 Å². The van der Waals surface area contributed by atoms with Crippen molar-refractivity contribution in [2.45, 2.75) is 94.5 Å². The molecule has 0 fully saturated rings. The fourth-order valence-corrected chi connectivity index (χ4v) is 7.94. The number of nitrogens with one attached hydrogen (secondary N) is 2. The molecule has 0 spiro atoms. The zero-order valence-corrected chi connectivity index (χ0v) is 32.9. The Morgan fingerprint density at radius 1 is 1.08 bits per heavy atom. The van der Waals surface area contributed by atoms with Crippen LogP contribution in [0.1, 0.15) is 60.3 Å². The summed E-state index contributed by atoms with van der Waals surface area (Å²) in [5.74, 6) is -0.118. The van der Waals surface area contributed by atoms with Gasteiger partial charge in [-0.15, -0.1) is 0 Å². The molecule has 2 aromatic carbocycles. The minimum absolute atomic E-state index is 0.0886. The normalized spacial score (nSPS) is 31.8. The Kier molecular flexibility index (Phi) is 12.6. The maximum atomic E-state index is 12.9. The van der Waals surface area contributed by atoms with Crippen LogP contribution in [0.25, 0.3) is 22.6 Å². The van der Waals surface area contributed by atoms with Crippen LogP contribution < -0.4 is 10.6 Å². The van der Waals surface area contributed by atoms with Crippen molar-refractivity contribution in [2.75, 3.05) is 25.0 Å². The topological polar surface area (TPSA) is 161 Å². The molecule has 0 unspecified atom stereocenters. The molecule has 0 radical (unpaired) electrons. The summed E-state index contributed by atoms with van der Waals surface area (Å²) in [5.41, 5.74) is 1.33. The molecule has 278 valence electrons. The summed E-state index contributed by atoms with van der Waals surface area (Å²) in [5, 5.41) is 52.9. The molecule has 11 nitrogen and oxygen atoms in total. The number of cyclic esters (lactones) is 1. The molecule has 51 heavy (non-hydrogen) atoms. The Labute approximate surface area is 318 Å². The van der Waals surface area contributed by atoms with Crippen molar-refractivity contribution in [1.29, 1.82) is 0 Å². The fourth-order valence-electron chi connectivity index (χ4n) is 7.17. The predicted molar refractivity (Wildman–Crippen MR) is 207 cm³/mol. The average molecular weight is 837 g/mol. The number of hydrogen-bond donors (Lipinski definition) is 6. The first kappa shape index (κ1) is 39.6. The van der Waals surface area contributed by atoms with Gasteiger partial charge in [-0.25, -0.2) is 9.78 Å². The van der Waals surface area contributed by atoms with Gasteiger partial charge in [0.15, 0.2) is 9.87 Å². The number of carbonyl (C=O) groups excluding carboxylic acids is 1. The Bertz CT molecular complexity index is 1730. The Hall–Kier alpha value is -2.56. The zero-order valence-electron chi connectivity index (χ0n) is 30.0. The van der Waals surface area contributed by atoms with Crippen LogP contribution in [-0.4, -0.2) is 89.5 Å². The van der Waals surface area contributed by atoms with Crippen LogP contribution in [-0.2, 0) is 16.1 Å². The van der Waals surface area contributed by atoms with Crippen LogP contribution in [0.3, 0.4) is 0 Å². The van der Waals surface area contributed by atoms with Gasteiger partial charge in [0.1, 0.15) is 17.4 Å². The summed E-state index contributed by atoms with van der Waals surface area (Å²) in [6.45, 7) is 12.2. The molecule has 0 aliphatic carbocycles. The van der Waals surface area contributed by atoms with Crippen molar-refractivity contribution < 1.29 is 34.4 Å². The molecule has 0 saturated carbocycles. The van der Waals surface area contributed by atoms with Crippen molar-refractivity contribution in [3.05, 3.63) is 65.0 Å². The number of ether oxygens (including phenoxy) is 1. The highest BCUT2D eigenvalue weighted by Gasteiger charge is 2.45. The third-order valence-electron chi connectivity index (χ3n) is 10.0. The first-order valence-electron chi connectivity index (χ1n) is 17.4. The monoisotopic (exact) mass is 836 g/mol. The summed E-state index contributed by atoms with van der Waals surface area (Å²) in [6.07, 6.45) is 0.123. The van der Waals surface area contributed by atoms with Crippen molar-refractivity contribution in [1.82, 2.24) is 15.2 Å². The number of hydrogen-bond acceptors (Lipinski definition) is 11. The van der Waals surface area contributed by atoms with Crippen LogP contribution in [0.4, 0.5) is 11.4 Å². The Morgan fingerprint density at radius 3 is 2.53 bits per heavy atom. The number of aliphatic hydroxyl groups excluding tert-OH is 2. The average Bonchev–Trinajstić information content (AvgIpc) is 3.45. The molecule has 0 amide bonds. The van der Waals surface area contributed by atoms with Crippen LogP contribution in [0.5, 0.6) is 0 Å². The molecule has 8 atom stereocenters. The third-order valence-corrected chi connectivity index (χ3v) is 11.8. The van der Waals surface area contributed by atoms with E-state index >= 15 is 0 Å². The minimum atomic E-state index is -1.77. The Morgan fingerprint density at radius 2 is 1.78 bits per heavy atom. The van der Waals surface area contributed by atoms with Crippen LogP contribution in [0, 0.1) is 11.8 Å². The summed E-state index contributed by atoms with van der Waals surface area (Å²) in [4.78, 5) is 19.8. The lowest BCUT2D eigenvalue weighted by atomic mass is 9.82. The molecule has 3 aromatic rings. The van der Waals surface area contributed by atoms with Crippen LogP contribution in [0.2, 0.25) is 5.02 Å².